The first-order chi connectivity index (χ1) is 7.61. The first-order valence-electron chi connectivity index (χ1n) is 5.25. The van der Waals surface area contributed by atoms with E-state index < -0.39 is 0 Å². The third kappa shape index (κ3) is 1.93. The van der Waals surface area contributed by atoms with E-state index in [9.17, 15) is 4.79 Å². The lowest BCUT2D eigenvalue weighted by molar-refractivity contribution is 0.102. The summed E-state index contributed by atoms with van der Waals surface area (Å²) in [6.45, 7) is 3.69. The Balaban J connectivity index is 2.45. The molecule has 0 unspecified atom stereocenters. The molecule has 2 rings (SSSR count). The minimum atomic E-state index is 0.123. The first kappa shape index (κ1) is 11.1. The molecule has 0 aliphatic rings. The highest BCUT2D eigenvalue weighted by atomic mass is 32.1. The Morgan fingerprint density at radius 3 is 2.81 bits per heavy atom. The van der Waals surface area contributed by atoms with Crippen molar-refractivity contribution in [1.29, 1.82) is 0 Å². The van der Waals surface area contributed by atoms with Crippen LogP contribution in [0.25, 0.3) is 10.4 Å². The molecule has 0 fully saturated rings. The van der Waals surface area contributed by atoms with Crippen molar-refractivity contribution >= 4 is 17.1 Å². The van der Waals surface area contributed by atoms with Gasteiger partial charge in [0, 0.05) is 23.7 Å². The largest absolute Gasteiger partial charge is 0.294 e. The fraction of sp³-hybridized carbons (Fsp3) is 0.333. The van der Waals surface area contributed by atoms with E-state index in [1.54, 1.807) is 6.92 Å². The van der Waals surface area contributed by atoms with Crippen LogP contribution in [0.15, 0.2) is 18.3 Å². The van der Waals surface area contributed by atoms with Crippen LogP contribution < -0.4 is 0 Å². The number of aromatic nitrogens is 2. The van der Waals surface area contributed by atoms with Crippen LogP contribution in [0, 0.1) is 0 Å². The van der Waals surface area contributed by atoms with Crippen LogP contribution in [-0.2, 0) is 13.5 Å². The number of Topliss-reactive ketones (excluding diaryl/α,β-unsaturated/α-hetero) is 1. The highest BCUT2D eigenvalue weighted by Gasteiger charge is 2.11. The van der Waals surface area contributed by atoms with Crippen LogP contribution >= 0.6 is 11.3 Å². The second-order valence-corrected chi connectivity index (χ2v) is 4.82. The fourth-order valence-corrected chi connectivity index (χ4v) is 2.61. The Bertz CT molecular complexity index is 525. The van der Waals surface area contributed by atoms with Gasteiger partial charge in [0.15, 0.2) is 5.78 Å². The maximum absolute atomic E-state index is 11.2. The maximum atomic E-state index is 11.2. The molecule has 0 spiro atoms. The fourth-order valence-electron chi connectivity index (χ4n) is 1.67. The molecule has 0 N–H and O–H groups in total. The predicted molar refractivity (Wildman–Crippen MR) is 65.9 cm³/mol. The molecule has 0 radical (unpaired) electrons. The summed E-state index contributed by atoms with van der Waals surface area (Å²) >= 11 is 1.53. The minimum Gasteiger partial charge on any atom is -0.294 e. The van der Waals surface area contributed by atoms with Crippen molar-refractivity contribution in [3.05, 3.63) is 28.9 Å². The number of rotatable bonds is 3. The summed E-state index contributed by atoms with van der Waals surface area (Å²) in [5.74, 6) is 0.123. The molecule has 0 aromatic carbocycles. The van der Waals surface area contributed by atoms with E-state index in [0.29, 0.717) is 0 Å². The molecule has 0 atom stereocenters. The molecule has 2 heterocycles. The number of thiophene rings is 1. The molecule has 84 valence electrons. The number of hydrogen-bond acceptors (Lipinski definition) is 3. The highest BCUT2D eigenvalue weighted by molar-refractivity contribution is 7.17. The van der Waals surface area contributed by atoms with Gasteiger partial charge in [0.1, 0.15) is 0 Å². The van der Waals surface area contributed by atoms with Gasteiger partial charge in [-0.15, -0.1) is 11.3 Å². The van der Waals surface area contributed by atoms with E-state index in [-0.39, 0.29) is 5.78 Å². The molecule has 2 aromatic rings. The van der Waals surface area contributed by atoms with E-state index in [0.717, 1.165) is 27.4 Å². The number of nitrogens with zero attached hydrogens (tertiary/aromatic N) is 2. The number of aryl methyl sites for hydroxylation is 2. The van der Waals surface area contributed by atoms with Gasteiger partial charge in [0.25, 0.3) is 0 Å². The Labute approximate surface area is 98.7 Å². The zero-order valence-electron chi connectivity index (χ0n) is 9.65. The van der Waals surface area contributed by atoms with Gasteiger partial charge in [-0.05, 0) is 25.5 Å². The Morgan fingerprint density at radius 1 is 1.50 bits per heavy atom. The SMILES string of the molecule is CCc1nn(C)cc1-c1ccc(C(C)=O)s1. The van der Waals surface area contributed by atoms with E-state index in [1.807, 2.05) is 30.1 Å². The second kappa shape index (κ2) is 4.22. The summed E-state index contributed by atoms with van der Waals surface area (Å²) in [6, 6.07) is 3.88. The molecular formula is C12H14N2OS. The van der Waals surface area contributed by atoms with Crippen molar-refractivity contribution in [3.8, 4) is 10.4 Å². The average molecular weight is 234 g/mol. The van der Waals surface area contributed by atoms with Crippen molar-refractivity contribution in [2.45, 2.75) is 20.3 Å². The third-order valence-electron chi connectivity index (χ3n) is 2.46. The number of carbonyl (C=O) groups excluding carboxylic acids is 1. The Hall–Kier alpha value is -1.42. The summed E-state index contributed by atoms with van der Waals surface area (Å²) in [7, 11) is 1.92. The van der Waals surface area contributed by atoms with Gasteiger partial charge in [-0.2, -0.15) is 5.10 Å². The number of ketones is 1. The Kier molecular flexibility index (Phi) is 2.92. The van der Waals surface area contributed by atoms with E-state index >= 15 is 0 Å². The summed E-state index contributed by atoms with van der Waals surface area (Å²) in [6.07, 6.45) is 2.91. The van der Waals surface area contributed by atoms with Crippen LogP contribution in [0.3, 0.4) is 0 Å². The third-order valence-corrected chi connectivity index (χ3v) is 3.68. The average Bonchev–Trinajstić information content (AvgIpc) is 2.82. The topological polar surface area (TPSA) is 34.9 Å². The monoisotopic (exact) mass is 234 g/mol. The van der Waals surface area contributed by atoms with Gasteiger partial charge < -0.3 is 0 Å². The molecule has 0 amide bonds. The predicted octanol–water partition coefficient (Wildman–Crippen LogP) is 2.91. The van der Waals surface area contributed by atoms with E-state index in [2.05, 4.69) is 12.0 Å². The minimum absolute atomic E-state index is 0.123. The smallest absolute Gasteiger partial charge is 0.169 e. The zero-order valence-corrected chi connectivity index (χ0v) is 10.5. The number of hydrogen-bond donors (Lipinski definition) is 0. The highest BCUT2D eigenvalue weighted by Crippen LogP contribution is 2.30. The number of carbonyl (C=O) groups is 1. The van der Waals surface area contributed by atoms with E-state index in [1.165, 1.54) is 11.3 Å². The summed E-state index contributed by atoms with van der Waals surface area (Å²) in [4.78, 5) is 13.2. The van der Waals surface area contributed by atoms with Crippen molar-refractivity contribution in [2.24, 2.45) is 7.05 Å². The van der Waals surface area contributed by atoms with Crippen molar-refractivity contribution in [1.82, 2.24) is 9.78 Å². The molecule has 0 aliphatic heterocycles. The summed E-state index contributed by atoms with van der Waals surface area (Å²) in [5, 5.41) is 4.40. The Morgan fingerprint density at radius 2 is 2.25 bits per heavy atom. The van der Waals surface area contributed by atoms with Gasteiger partial charge in [0.2, 0.25) is 0 Å². The van der Waals surface area contributed by atoms with Crippen molar-refractivity contribution in [3.63, 3.8) is 0 Å². The van der Waals surface area contributed by atoms with Gasteiger partial charge in [-0.25, -0.2) is 0 Å². The quantitative estimate of drug-likeness (QED) is 0.765. The molecule has 16 heavy (non-hydrogen) atoms. The summed E-state index contributed by atoms with van der Waals surface area (Å²) in [5.41, 5.74) is 2.22. The standard InChI is InChI=1S/C12H14N2OS/c1-4-10-9(7-14(3)13-10)12-6-5-11(16-12)8(2)15/h5-7H,4H2,1-3H3. The van der Waals surface area contributed by atoms with Crippen LogP contribution in [-0.4, -0.2) is 15.6 Å². The van der Waals surface area contributed by atoms with Crippen LogP contribution in [0.2, 0.25) is 0 Å². The maximum Gasteiger partial charge on any atom is 0.169 e. The van der Waals surface area contributed by atoms with Crippen LogP contribution in [0.4, 0.5) is 0 Å². The molecule has 2 aromatic heterocycles. The molecule has 3 nitrogen and oxygen atoms in total. The molecule has 0 aliphatic carbocycles. The molecule has 0 bridgehead atoms. The van der Waals surface area contributed by atoms with Crippen molar-refractivity contribution < 1.29 is 4.79 Å². The lowest BCUT2D eigenvalue weighted by Gasteiger charge is -1.94. The van der Waals surface area contributed by atoms with Gasteiger partial charge in [-0.3, -0.25) is 9.48 Å². The molecule has 4 heteroatoms. The second-order valence-electron chi connectivity index (χ2n) is 3.74. The van der Waals surface area contributed by atoms with Gasteiger partial charge >= 0.3 is 0 Å². The lowest BCUT2D eigenvalue weighted by Crippen LogP contribution is -1.88. The normalized spacial score (nSPS) is 10.7. The molecule has 0 saturated heterocycles. The zero-order chi connectivity index (χ0) is 11.7. The van der Waals surface area contributed by atoms with Crippen molar-refractivity contribution in [2.75, 3.05) is 0 Å². The summed E-state index contributed by atoms with van der Waals surface area (Å²) < 4.78 is 1.82. The van der Waals surface area contributed by atoms with Gasteiger partial charge in [0.05, 0.1) is 10.6 Å². The van der Waals surface area contributed by atoms with Crippen LogP contribution in [0.5, 0.6) is 0 Å². The van der Waals surface area contributed by atoms with Crippen LogP contribution in [0.1, 0.15) is 29.2 Å². The molecular weight excluding hydrogens is 220 g/mol. The first-order valence-corrected chi connectivity index (χ1v) is 6.07. The lowest BCUT2D eigenvalue weighted by atomic mass is 10.2. The molecule has 0 saturated carbocycles. The van der Waals surface area contributed by atoms with Gasteiger partial charge in [-0.1, -0.05) is 6.92 Å². The van der Waals surface area contributed by atoms with E-state index in [4.69, 9.17) is 0 Å².